The minimum absolute atomic E-state index is 0.0650. The monoisotopic (exact) mass is 430 g/mol. The molecule has 1 aromatic carbocycles. The van der Waals surface area contributed by atoms with Gasteiger partial charge in [0.15, 0.2) is 6.61 Å². The largest absolute Gasteiger partial charge is 0.484 e. The number of benzene rings is 1. The molecule has 1 aliphatic heterocycles. The number of halogens is 2. The second-order valence-corrected chi connectivity index (χ2v) is 6.38. The van der Waals surface area contributed by atoms with Gasteiger partial charge in [-0.2, -0.15) is 0 Å². The van der Waals surface area contributed by atoms with Crippen LogP contribution in [0.3, 0.4) is 0 Å². The zero-order chi connectivity index (χ0) is 18.6. The van der Waals surface area contributed by atoms with Gasteiger partial charge in [0.05, 0.1) is 6.54 Å². The molecule has 7 nitrogen and oxygen atoms in total. The normalized spacial score (nSPS) is 17.5. The third-order valence-electron chi connectivity index (χ3n) is 3.53. The van der Waals surface area contributed by atoms with Crippen molar-refractivity contribution in [3.63, 3.8) is 0 Å². The Hall–Kier alpha value is -2.06. The Labute approximate surface area is 157 Å². The van der Waals surface area contributed by atoms with Gasteiger partial charge in [0.1, 0.15) is 17.5 Å². The smallest absolute Gasteiger partial charge is 0.352 e. The molecule has 0 saturated carbocycles. The zero-order valence-corrected chi connectivity index (χ0v) is 15.6. The van der Waals surface area contributed by atoms with Crippen LogP contribution in [0.4, 0.5) is 0 Å². The highest BCUT2D eigenvalue weighted by atomic mass is 79.9. The van der Waals surface area contributed by atoms with Crippen molar-refractivity contribution < 1.29 is 24.2 Å². The molecule has 0 aromatic heterocycles. The van der Waals surface area contributed by atoms with Crippen molar-refractivity contribution in [3.05, 3.63) is 40.6 Å². The van der Waals surface area contributed by atoms with E-state index in [1.807, 2.05) is 0 Å². The number of nitrogens with one attached hydrogen (secondary N) is 1. The van der Waals surface area contributed by atoms with E-state index in [2.05, 4.69) is 21.2 Å². The number of ether oxygens (including phenoxy) is 1. The second kappa shape index (κ2) is 8.35. The van der Waals surface area contributed by atoms with Crippen LogP contribution in [0.2, 0.25) is 5.02 Å². The van der Waals surface area contributed by atoms with Crippen molar-refractivity contribution in [2.24, 2.45) is 0 Å². The molecule has 2 N–H and O–H groups in total. The van der Waals surface area contributed by atoms with Crippen LogP contribution >= 0.6 is 27.5 Å². The van der Waals surface area contributed by atoms with E-state index < -0.39 is 23.8 Å². The molecule has 2 amide bonds. The maximum atomic E-state index is 12.1. The molecule has 0 aliphatic carbocycles. The van der Waals surface area contributed by atoms with Gasteiger partial charge in [-0.15, -0.1) is 0 Å². The summed E-state index contributed by atoms with van der Waals surface area (Å²) in [7, 11) is 0. The fourth-order valence-corrected chi connectivity index (χ4v) is 2.63. The van der Waals surface area contributed by atoms with Crippen molar-refractivity contribution in [1.82, 2.24) is 10.2 Å². The second-order valence-electron chi connectivity index (χ2n) is 5.38. The molecule has 134 valence electrons. The number of amides is 2. The number of hydrogen-bond acceptors (Lipinski definition) is 4. The molecule has 0 spiro atoms. The van der Waals surface area contributed by atoms with Crippen LogP contribution in [0.5, 0.6) is 5.75 Å². The first-order valence-electron chi connectivity index (χ1n) is 7.31. The van der Waals surface area contributed by atoms with E-state index in [4.69, 9.17) is 16.3 Å². The molecule has 1 aliphatic rings. The number of likely N-dealkylation sites (tertiary alicyclic amines) is 1. The van der Waals surface area contributed by atoms with Gasteiger partial charge < -0.3 is 20.1 Å². The topological polar surface area (TPSA) is 95.9 Å². The highest BCUT2D eigenvalue weighted by Gasteiger charge is 2.42. The van der Waals surface area contributed by atoms with Crippen molar-refractivity contribution in [2.75, 3.05) is 18.5 Å². The molecule has 1 aromatic rings. The van der Waals surface area contributed by atoms with Crippen LogP contribution in [0, 0.1) is 0 Å². The van der Waals surface area contributed by atoms with Crippen LogP contribution in [0.1, 0.15) is 6.92 Å². The lowest BCUT2D eigenvalue weighted by atomic mass is 10.0. The molecule has 1 heterocycles. The number of rotatable bonds is 7. The summed E-state index contributed by atoms with van der Waals surface area (Å²) in [6.45, 7) is 1.47. The SMILES string of the molecule is CC(CBr)=C(C(=O)O)N1CC(NC(=O)COc2ccc(Cl)cc2)C1=O. The van der Waals surface area contributed by atoms with E-state index >= 15 is 0 Å². The number of alkyl halides is 1. The number of carboxylic acids is 1. The summed E-state index contributed by atoms with van der Waals surface area (Å²) in [6.07, 6.45) is 0. The van der Waals surface area contributed by atoms with Gasteiger partial charge >= 0.3 is 5.97 Å². The first kappa shape index (κ1) is 19.3. The van der Waals surface area contributed by atoms with Gasteiger partial charge in [0, 0.05) is 10.4 Å². The highest BCUT2D eigenvalue weighted by Crippen LogP contribution is 2.21. The minimum Gasteiger partial charge on any atom is -0.484 e. The van der Waals surface area contributed by atoms with Gasteiger partial charge in [-0.3, -0.25) is 9.59 Å². The maximum Gasteiger partial charge on any atom is 0.352 e. The molecule has 0 bridgehead atoms. The Bertz CT molecular complexity index is 720. The Balaban J connectivity index is 1.86. The number of β-lactam (4-membered cyclic amide) rings is 1. The Morgan fingerprint density at radius 2 is 2.04 bits per heavy atom. The quantitative estimate of drug-likeness (QED) is 0.390. The minimum atomic E-state index is -1.18. The maximum absolute atomic E-state index is 12.1. The van der Waals surface area contributed by atoms with Crippen LogP contribution < -0.4 is 10.1 Å². The van der Waals surface area contributed by atoms with Gasteiger partial charge in [0.25, 0.3) is 11.8 Å². The lowest BCUT2D eigenvalue weighted by molar-refractivity contribution is -0.149. The summed E-state index contributed by atoms with van der Waals surface area (Å²) in [5.41, 5.74) is 0.460. The van der Waals surface area contributed by atoms with E-state index in [9.17, 15) is 19.5 Å². The lowest BCUT2D eigenvalue weighted by Crippen LogP contribution is -2.64. The molecule has 1 fully saturated rings. The van der Waals surface area contributed by atoms with Crippen LogP contribution in [-0.2, 0) is 14.4 Å². The van der Waals surface area contributed by atoms with Crippen molar-refractivity contribution in [3.8, 4) is 5.75 Å². The molecule has 0 radical (unpaired) electrons. The average molecular weight is 432 g/mol. The number of allylic oxidation sites excluding steroid dienone is 1. The third-order valence-corrected chi connectivity index (χ3v) is 4.62. The fraction of sp³-hybridized carbons (Fsp3) is 0.312. The van der Waals surface area contributed by atoms with Crippen molar-refractivity contribution in [2.45, 2.75) is 13.0 Å². The standard InChI is InChI=1S/C16H16BrClN2O5/c1-9(6-17)14(16(23)24)20-7-12(15(20)22)19-13(21)8-25-11-4-2-10(18)3-5-11/h2-5,12H,6-8H2,1H3,(H,19,21)(H,23,24). The zero-order valence-electron chi connectivity index (χ0n) is 13.3. The number of carboxylic acid groups (broad SMARTS) is 1. The van der Waals surface area contributed by atoms with Gasteiger partial charge in [-0.05, 0) is 36.8 Å². The molecule has 1 saturated heterocycles. The van der Waals surface area contributed by atoms with Gasteiger partial charge in [-0.25, -0.2) is 4.79 Å². The first-order chi connectivity index (χ1) is 11.8. The van der Waals surface area contributed by atoms with Gasteiger partial charge in [-0.1, -0.05) is 27.5 Å². The molecule has 1 unspecified atom stereocenters. The Morgan fingerprint density at radius 1 is 1.40 bits per heavy atom. The van der Waals surface area contributed by atoms with E-state index in [-0.39, 0.29) is 18.8 Å². The first-order valence-corrected chi connectivity index (χ1v) is 8.81. The van der Waals surface area contributed by atoms with E-state index in [0.717, 1.165) is 4.90 Å². The number of carbonyl (C=O) groups is 3. The van der Waals surface area contributed by atoms with E-state index in [1.54, 1.807) is 31.2 Å². The average Bonchev–Trinajstić information content (AvgIpc) is 2.59. The molecular formula is C16H16BrClN2O5. The number of hydrogen-bond donors (Lipinski definition) is 2. The van der Waals surface area contributed by atoms with E-state index in [1.165, 1.54) is 0 Å². The summed E-state index contributed by atoms with van der Waals surface area (Å²) in [4.78, 5) is 36.4. The summed E-state index contributed by atoms with van der Waals surface area (Å²) >= 11 is 8.93. The molecule has 1 atom stereocenters. The molecule has 9 heteroatoms. The number of aliphatic carboxylic acids is 1. The van der Waals surface area contributed by atoms with Crippen LogP contribution in [-0.4, -0.2) is 52.3 Å². The number of nitrogens with zero attached hydrogens (tertiary/aromatic N) is 1. The van der Waals surface area contributed by atoms with Gasteiger partial charge in [0.2, 0.25) is 0 Å². The van der Waals surface area contributed by atoms with Crippen LogP contribution in [0.15, 0.2) is 35.5 Å². The molecule has 2 rings (SSSR count). The summed E-state index contributed by atoms with van der Waals surface area (Å²) in [6, 6.07) is 5.76. The van der Waals surface area contributed by atoms with Crippen molar-refractivity contribution >= 4 is 45.3 Å². The summed E-state index contributed by atoms with van der Waals surface area (Å²) < 4.78 is 5.29. The summed E-state index contributed by atoms with van der Waals surface area (Å²) in [5.74, 6) is -1.63. The van der Waals surface area contributed by atoms with E-state index in [0.29, 0.717) is 21.7 Å². The summed E-state index contributed by atoms with van der Waals surface area (Å²) in [5, 5.41) is 12.6. The predicted molar refractivity (Wildman–Crippen MR) is 94.7 cm³/mol. The fourth-order valence-electron chi connectivity index (χ4n) is 2.24. The van der Waals surface area contributed by atoms with Crippen LogP contribution in [0.25, 0.3) is 0 Å². The van der Waals surface area contributed by atoms with Crippen molar-refractivity contribution in [1.29, 1.82) is 0 Å². The Morgan fingerprint density at radius 3 is 2.56 bits per heavy atom. The molecular weight excluding hydrogens is 416 g/mol. The third kappa shape index (κ3) is 4.73. The number of carbonyl (C=O) groups excluding carboxylic acids is 2. The lowest BCUT2D eigenvalue weighted by Gasteiger charge is -2.39. The molecule has 25 heavy (non-hydrogen) atoms. The predicted octanol–water partition coefficient (Wildman–Crippen LogP) is 1.80. The Kier molecular flexibility index (Phi) is 6.44. The highest BCUT2D eigenvalue weighted by molar-refractivity contribution is 9.09.